The first kappa shape index (κ1) is 15.0. The number of hydrogen-bond acceptors (Lipinski definition) is 3. The molecule has 2 aliphatic rings. The molecule has 0 bridgehead atoms. The van der Waals surface area contributed by atoms with Crippen LogP contribution in [0.4, 0.5) is 0 Å². The van der Waals surface area contributed by atoms with Crippen molar-refractivity contribution in [3.8, 4) is 0 Å². The number of ether oxygens (including phenoxy) is 1. The molecule has 1 fully saturated rings. The first-order valence-corrected chi connectivity index (χ1v) is 8.43. The van der Waals surface area contributed by atoms with Crippen LogP contribution in [0.1, 0.15) is 49.3 Å². The van der Waals surface area contributed by atoms with Gasteiger partial charge >= 0.3 is 0 Å². The van der Waals surface area contributed by atoms with Gasteiger partial charge in [-0.25, -0.2) is 0 Å². The molecule has 1 N–H and O–H groups in total. The molecule has 0 aromatic heterocycles. The van der Waals surface area contributed by atoms with E-state index in [1.807, 2.05) is 0 Å². The summed E-state index contributed by atoms with van der Waals surface area (Å²) in [5.74, 6) is 0. The van der Waals surface area contributed by atoms with E-state index in [1.54, 1.807) is 0 Å². The van der Waals surface area contributed by atoms with Crippen LogP contribution in [0.15, 0.2) is 24.3 Å². The fourth-order valence-electron chi connectivity index (χ4n) is 3.84. The van der Waals surface area contributed by atoms with E-state index in [-0.39, 0.29) is 12.7 Å². The van der Waals surface area contributed by atoms with Gasteiger partial charge in [-0.3, -0.25) is 4.90 Å². The third kappa shape index (κ3) is 3.65. The first-order chi connectivity index (χ1) is 10.4. The molecule has 116 valence electrons. The van der Waals surface area contributed by atoms with Crippen molar-refractivity contribution >= 4 is 0 Å². The van der Waals surface area contributed by atoms with Crippen molar-refractivity contribution in [3.05, 3.63) is 35.4 Å². The van der Waals surface area contributed by atoms with Gasteiger partial charge in [0.1, 0.15) is 0 Å². The lowest BCUT2D eigenvalue weighted by molar-refractivity contribution is -0.00280. The maximum absolute atomic E-state index is 9.41. The van der Waals surface area contributed by atoms with Crippen LogP contribution < -0.4 is 0 Å². The number of aliphatic hydroxyl groups excluding tert-OH is 1. The molecule has 21 heavy (non-hydrogen) atoms. The van der Waals surface area contributed by atoms with Gasteiger partial charge in [0.05, 0.1) is 19.3 Å². The second kappa shape index (κ2) is 7.39. The van der Waals surface area contributed by atoms with E-state index in [9.17, 15) is 5.11 Å². The minimum Gasteiger partial charge on any atom is -0.395 e. The molecule has 1 heterocycles. The van der Waals surface area contributed by atoms with Crippen LogP contribution in [0.25, 0.3) is 0 Å². The second-order valence-corrected chi connectivity index (χ2v) is 6.32. The van der Waals surface area contributed by atoms with Crippen LogP contribution in [0.3, 0.4) is 0 Å². The average Bonchev–Trinajstić information content (AvgIpc) is 2.55. The van der Waals surface area contributed by atoms with Gasteiger partial charge in [0.2, 0.25) is 0 Å². The molecule has 1 atom stereocenters. The third-order valence-corrected chi connectivity index (χ3v) is 4.97. The van der Waals surface area contributed by atoms with E-state index in [0.717, 1.165) is 26.1 Å². The monoisotopic (exact) mass is 289 g/mol. The minimum atomic E-state index is 0.170. The van der Waals surface area contributed by atoms with Crippen molar-refractivity contribution in [2.24, 2.45) is 0 Å². The number of aliphatic hydroxyl groups is 1. The molecule has 1 aliphatic carbocycles. The van der Waals surface area contributed by atoms with Crippen molar-refractivity contribution in [3.63, 3.8) is 0 Å². The summed E-state index contributed by atoms with van der Waals surface area (Å²) in [5, 5.41) is 9.41. The fourth-order valence-corrected chi connectivity index (χ4v) is 3.84. The van der Waals surface area contributed by atoms with Gasteiger partial charge in [-0.1, -0.05) is 43.5 Å². The normalized spacial score (nSPS) is 23.2. The highest BCUT2D eigenvalue weighted by Gasteiger charge is 2.27. The predicted octanol–water partition coefficient (Wildman–Crippen LogP) is 2.93. The predicted molar refractivity (Wildman–Crippen MR) is 84.4 cm³/mol. The van der Waals surface area contributed by atoms with E-state index in [1.165, 1.54) is 43.2 Å². The quantitative estimate of drug-likeness (QED) is 0.904. The van der Waals surface area contributed by atoms with Crippen molar-refractivity contribution < 1.29 is 9.84 Å². The number of nitrogens with zero attached hydrogens (tertiary/aromatic N) is 1. The van der Waals surface area contributed by atoms with Crippen LogP contribution in [0, 0.1) is 0 Å². The molecule has 1 unspecified atom stereocenters. The Morgan fingerprint density at radius 2 is 1.95 bits per heavy atom. The van der Waals surface area contributed by atoms with Gasteiger partial charge in [-0.2, -0.15) is 0 Å². The Balaban J connectivity index is 1.71. The molecule has 0 spiro atoms. The molecule has 1 saturated carbocycles. The standard InChI is InChI=1S/C18H27NO2/c20-12-11-19(16-7-2-1-3-8-16)14-18-17-9-5-4-6-15(17)10-13-21-18/h4-6,9,16,18,20H,1-3,7-8,10-14H2. The summed E-state index contributed by atoms with van der Waals surface area (Å²) in [7, 11) is 0. The third-order valence-electron chi connectivity index (χ3n) is 4.97. The van der Waals surface area contributed by atoms with Crippen LogP contribution in [0.2, 0.25) is 0 Å². The summed E-state index contributed by atoms with van der Waals surface area (Å²) < 4.78 is 6.05. The Morgan fingerprint density at radius 1 is 1.14 bits per heavy atom. The zero-order valence-corrected chi connectivity index (χ0v) is 12.8. The summed E-state index contributed by atoms with van der Waals surface area (Å²) in [5.41, 5.74) is 2.78. The Labute approximate surface area is 127 Å². The van der Waals surface area contributed by atoms with E-state index in [0.29, 0.717) is 6.04 Å². The maximum atomic E-state index is 9.41. The van der Waals surface area contributed by atoms with E-state index >= 15 is 0 Å². The van der Waals surface area contributed by atoms with Gasteiger partial charge < -0.3 is 9.84 Å². The smallest absolute Gasteiger partial charge is 0.0954 e. The summed E-state index contributed by atoms with van der Waals surface area (Å²) in [6, 6.07) is 9.29. The van der Waals surface area contributed by atoms with Gasteiger partial charge in [0, 0.05) is 19.1 Å². The highest BCUT2D eigenvalue weighted by molar-refractivity contribution is 5.31. The zero-order chi connectivity index (χ0) is 14.5. The molecule has 1 aromatic rings. The van der Waals surface area contributed by atoms with Crippen molar-refractivity contribution in [2.75, 3.05) is 26.3 Å². The summed E-state index contributed by atoms with van der Waals surface area (Å²) in [6.07, 6.45) is 7.76. The van der Waals surface area contributed by atoms with E-state index < -0.39 is 0 Å². The Bertz CT molecular complexity index is 443. The van der Waals surface area contributed by atoms with Crippen LogP contribution in [-0.2, 0) is 11.2 Å². The molecular formula is C18H27NO2. The SMILES string of the molecule is OCCN(CC1OCCc2ccccc21)C1CCCCC1. The number of hydrogen-bond donors (Lipinski definition) is 1. The number of fused-ring (bicyclic) bond motifs is 1. The Kier molecular flexibility index (Phi) is 5.28. The zero-order valence-electron chi connectivity index (χ0n) is 12.8. The fraction of sp³-hybridized carbons (Fsp3) is 0.667. The Morgan fingerprint density at radius 3 is 2.76 bits per heavy atom. The molecule has 1 aliphatic heterocycles. The van der Waals surface area contributed by atoms with Crippen LogP contribution >= 0.6 is 0 Å². The molecule has 3 heteroatoms. The average molecular weight is 289 g/mol. The maximum Gasteiger partial charge on any atom is 0.0954 e. The molecule has 1 aromatic carbocycles. The molecule has 3 nitrogen and oxygen atoms in total. The molecule has 0 amide bonds. The second-order valence-electron chi connectivity index (χ2n) is 6.32. The van der Waals surface area contributed by atoms with Crippen molar-refractivity contribution in [1.82, 2.24) is 4.90 Å². The summed E-state index contributed by atoms with van der Waals surface area (Å²) >= 11 is 0. The van der Waals surface area contributed by atoms with Gasteiger partial charge in [0.15, 0.2) is 0 Å². The largest absolute Gasteiger partial charge is 0.395 e. The van der Waals surface area contributed by atoms with Crippen LogP contribution in [-0.4, -0.2) is 42.4 Å². The summed E-state index contributed by atoms with van der Waals surface area (Å²) in [6.45, 7) is 2.75. The summed E-state index contributed by atoms with van der Waals surface area (Å²) in [4.78, 5) is 2.46. The molecule has 0 saturated heterocycles. The van der Waals surface area contributed by atoms with Gasteiger partial charge in [-0.05, 0) is 30.4 Å². The van der Waals surface area contributed by atoms with E-state index in [4.69, 9.17) is 4.74 Å². The lowest BCUT2D eigenvalue weighted by atomic mass is 9.92. The topological polar surface area (TPSA) is 32.7 Å². The number of rotatable bonds is 5. The van der Waals surface area contributed by atoms with Gasteiger partial charge in [0.25, 0.3) is 0 Å². The highest BCUT2D eigenvalue weighted by atomic mass is 16.5. The Hall–Kier alpha value is -0.900. The minimum absolute atomic E-state index is 0.170. The lowest BCUT2D eigenvalue weighted by Crippen LogP contribution is -2.42. The molecule has 3 rings (SSSR count). The molecule has 0 radical (unpaired) electrons. The lowest BCUT2D eigenvalue weighted by Gasteiger charge is -2.37. The first-order valence-electron chi connectivity index (χ1n) is 8.43. The van der Waals surface area contributed by atoms with Gasteiger partial charge in [-0.15, -0.1) is 0 Å². The highest BCUT2D eigenvalue weighted by Crippen LogP contribution is 2.30. The van der Waals surface area contributed by atoms with Crippen LogP contribution in [0.5, 0.6) is 0 Å². The molecular weight excluding hydrogens is 262 g/mol. The number of benzene rings is 1. The van der Waals surface area contributed by atoms with Crippen molar-refractivity contribution in [2.45, 2.75) is 50.7 Å². The van der Waals surface area contributed by atoms with Crippen molar-refractivity contribution in [1.29, 1.82) is 0 Å². The van der Waals surface area contributed by atoms with E-state index in [2.05, 4.69) is 29.2 Å².